The quantitative estimate of drug-likeness (QED) is 0.628. The highest BCUT2D eigenvalue weighted by Crippen LogP contribution is 2.25. The minimum absolute atomic E-state index is 0.143. The van der Waals surface area contributed by atoms with Gasteiger partial charge in [0.2, 0.25) is 0 Å². The van der Waals surface area contributed by atoms with Crippen molar-refractivity contribution in [3.8, 4) is 5.75 Å². The van der Waals surface area contributed by atoms with Crippen molar-refractivity contribution in [1.29, 1.82) is 0 Å². The highest BCUT2D eigenvalue weighted by atomic mass is 35.5. The van der Waals surface area contributed by atoms with Gasteiger partial charge in [0.25, 0.3) is 0 Å². The zero-order valence-corrected chi connectivity index (χ0v) is 12.2. The summed E-state index contributed by atoms with van der Waals surface area (Å²) in [6.07, 6.45) is 0.219. The fraction of sp³-hybridized carbons (Fsp3) is 0.429. The van der Waals surface area contributed by atoms with E-state index in [-0.39, 0.29) is 17.7 Å². The normalized spacial score (nSPS) is 11.0. The highest BCUT2D eigenvalue weighted by Gasteiger charge is 2.22. The Labute approximate surface area is 117 Å². The van der Waals surface area contributed by atoms with Crippen LogP contribution in [-0.4, -0.2) is 17.5 Å². The van der Waals surface area contributed by atoms with Crippen molar-refractivity contribution in [2.45, 2.75) is 39.7 Å². The van der Waals surface area contributed by atoms with E-state index in [9.17, 15) is 9.59 Å². The van der Waals surface area contributed by atoms with Gasteiger partial charge in [-0.1, -0.05) is 18.5 Å². The van der Waals surface area contributed by atoms with Crippen LogP contribution in [-0.2, 0) is 9.53 Å². The topological polar surface area (TPSA) is 52.6 Å². The molecule has 0 aliphatic heterocycles. The number of carbonyl (C=O) groups is 2. The Hall–Kier alpha value is -1.55. The van der Waals surface area contributed by atoms with Gasteiger partial charge in [-0.05, 0) is 39.0 Å². The number of carbonyl (C=O) groups excluding carboxylic acids is 2. The van der Waals surface area contributed by atoms with Crippen LogP contribution in [0.15, 0.2) is 18.2 Å². The summed E-state index contributed by atoms with van der Waals surface area (Å²) >= 11 is 5.85. The molecule has 0 spiro atoms. The van der Waals surface area contributed by atoms with E-state index < -0.39 is 17.5 Å². The van der Waals surface area contributed by atoms with Gasteiger partial charge < -0.3 is 9.47 Å². The van der Waals surface area contributed by atoms with Crippen LogP contribution < -0.4 is 4.74 Å². The molecule has 19 heavy (non-hydrogen) atoms. The predicted molar refractivity (Wildman–Crippen MR) is 72.5 cm³/mol. The Morgan fingerprint density at radius 3 is 2.42 bits per heavy atom. The molecule has 5 heteroatoms. The minimum Gasteiger partial charge on any atom is -0.456 e. The third-order valence-corrected chi connectivity index (χ3v) is 2.31. The molecule has 0 heterocycles. The van der Waals surface area contributed by atoms with Crippen LogP contribution in [0.25, 0.3) is 0 Å². The van der Waals surface area contributed by atoms with E-state index in [1.165, 1.54) is 12.1 Å². The van der Waals surface area contributed by atoms with E-state index in [2.05, 4.69) is 0 Å². The van der Waals surface area contributed by atoms with Crippen molar-refractivity contribution in [2.24, 2.45) is 0 Å². The zero-order valence-electron chi connectivity index (χ0n) is 11.5. The number of hydrogen-bond donors (Lipinski definition) is 0. The van der Waals surface area contributed by atoms with Gasteiger partial charge in [-0.3, -0.25) is 4.79 Å². The fourth-order valence-corrected chi connectivity index (χ4v) is 1.45. The third-order valence-electron chi connectivity index (χ3n) is 2.07. The second-order valence-electron chi connectivity index (χ2n) is 4.97. The Morgan fingerprint density at radius 2 is 1.89 bits per heavy atom. The van der Waals surface area contributed by atoms with E-state index in [4.69, 9.17) is 21.1 Å². The molecule has 0 bridgehead atoms. The van der Waals surface area contributed by atoms with Gasteiger partial charge in [0.1, 0.15) is 16.9 Å². The summed E-state index contributed by atoms with van der Waals surface area (Å²) in [5, 5.41) is 0.372. The average Bonchev–Trinajstić information content (AvgIpc) is 2.29. The van der Waals surface area contributed by atoms with Crippen molar-refractivity contribution in [3.05, 3.63) is 28.8 Å². The lowest BCUT2D eigenvalue weighted by molar-refractivity contribution is -0.134. The SMILES string of the molecule is CCC(=O)Oc1ccc(Cl)cc1C(=O)OC(C)(C)C. The van der Waals surface area contributed by atoms with Gasteiger partial charge in [0.15, 0.2) is 0 Å². The molecule has 0 saturated heterocycles. The molecule has 0 amide bonds. The molecule has 1 rings (SSSR count). The number of halogens is 1. The van der Waals surface area contributed by atoms with Gasteiger partial charge in [0.05, 0.1) is 0 Å². The number of rotatable bonds is 3. The second-order valence-corrected chi connectivity index (χ2v) is 5.41. The van der Waals surface area contributed by atoms with Crippen molar-refractivity contribution in [1.82, 2.24) is 0 Å². The van der Waals surface area contributed by atoms with E-state index >= 15 is 0 Å². The van der Waals surface area contributed by atoms with Crippen LogP contribution in [0.1, 0.15) is 44.5 Å². The molecule has 0 unspecified atom stereocenters. The summed E-state index contributed by atoms with van der Waals surface area (Å²) in [7, 11) is 0. The predicted octanol–water partition coefficient (Wildman–Crippen LogP) is 3.61. The monoisotopic (exact) mass is 284 g/mol. The lowest BCUT2D eigenvalue weighted by Crippen LogP contribution is -2.24. The first-order valence-electron chi connectivity index (χ1n) is 5.96. The van der Waals surface area contributed by atoms with Gasteiger partial charge in [-0.2, -0.15) is 0 Å². The van der Waals surface area contributed by atoms with Gasteiger partial charge in [0, 0.05) is 11.4 Å². The highest BCUT2D eigenvalue weighted by molar-refractivity contribution is 6.31. The number of benzene rings is 1. The van der Waals surface area contributed by atoms with E-state index in [0.717, 1.165) is 0 Å². The van der Waals surface area contributed by atoms with Gasteiger partial charge >= 0.3 is 11.9 Å². The van der Waals surface area contributed by atoms with Gasteiger partial charge in [-0.25, -0.2) is 4.79 Å². The van der Waals surface area contributed by atoms with Crippen LogP contribution in [0, 0.1) is 0 Å². The van der Waals surface area contributed by atoms with Crippen LogP contribution in [0.5, 0.6) is 5.75 Å². The second kappa shape index (κ2) is 6.06. The van der Waals surface area contributed by atoms with Crippen molar-refractivity contribution < 1.29 is 19.1 Å². The standard InChI is InChI=1S/C14H17ClO4/c1-5-12(16)18-11-7-6-9(15)8-10(11)13(17)19-14(2,3)4/h6-8H,5H2,1-4H3. The fourth-order valence-electron chi connectivity index (χ4n) is 1.28. The molecular formula is C14H17ClO4. The molecule has 104 valence electrons. The maximum Gasteiger partial charge on any atom is 0.342 e. The summed E-state index contributed by atoms with van der Waals surface area (Å²) in [5.41, 5.74) is -0.491. The molecule has 0 radical (unpaired) electrons. The van der Waals surface area contributed by atoms with Crippen LogP contribution in [0.4, 0.5) is 0 Å². The van der Waals surface area contributed by atoms with E-state index in [0.29, 0.717) is 5.02 Å². The molecule has 4 nitrogen and oxygen atoms in total. The Bertz CT molecular complexity index is 489. The van der Waals surface area contributed by atoms with Crippen LogP contribution >= 0.6 is 11.6 Å². The molecule has 0 atom stereocenters. The van der Waals surface area contributed by atoms with E-state index in [1.54, 1.807) is 33.8 Å². The summed E-state index contributed by atoms with van der Waals surface area (Å²) in [4.78, 5) is 23.3. The summed E-state index contributed by atoms with van der Waals surface area (Å²) in [6.45, 7) is 6.94. The number of hydrogen-bond acceptors (Lipinski definition) is 4. The summed E-state index contributed by atoms with van der Waals surface area (Å²) in [6, 6.07) is 4.46. The molecular weight excluding hydrogens is 268 g/mol. The molecule has 0 aliphatic carbocycles. The zero-order chi connectivity index (χ0) is 14.6. The molecule has 0 aromatic heterocycles. The Balaban J connectivity index is 3.06. The molecule has 0 saturated carbocycles. The molecule has 1 aromatic carbocycles. The first kappa shape index (κ1) is 15.5. The molecule has 0 aliphatic rings. The van der Waals surface area contributed by atoms with Crippen LogP contribution in [0.3, 0.4) is 0 Å². The first-order chi connectivity index (χ1) is 8.73. The van der Waals surface area contributed by atoms with E-state index in [1.807, 2.05) is 0 Å². The number of esters is 2. The Morgan fingerprint density at radius 1 is 1.26 bits per heavy atom. The lowest BCUT2D eigenvalue weighted by Gasteiger charge is -2.20. The maximum atomic E-state index is 12.0. The minimum atomic E-state index is -0.633. The molecule has 0 N–H and O–H groups in total. The third kappa shape index (κ3) is 4.91. The lowest BCUT2D eigenvalue weighted by atomic mass is 10.1. The first-order valence-corrected chi connectivity index (χ1v) is 6.34. The van der Waals surface area contributed by atoms with Crippen molar-refractivity contribution in [3.63, 3.8) is 0 Å². The smallest absolute Gasteiger partial charge is 0.342 e. The van der Waals surface area contributed by atoms with Crippen molar-refractivity contribution in [2.75, 3.05) is 0 Å². The van der Waals surface area contributed by atoms with Crippen molar-refractivity contribution >= 4 is 23.5 Å². The maximum absolute atomic E-state index is 12.0. The summed E-state index contributed by atoms with van der Waals surface area (Å²) in [5.74, 6) is -0.841. The Kier molecular flexibility index (Phi) is 4.95. The largest absolute Gasteiger partial charge is 0.456 e. The van der Waals surface area contributed by atoms with Gasteiger partial charge in [-0.15, -0.1) is 0 Å². The molecule has 0 fully saturated rings. The summed E-state index contributed by atoms with van der Waals surface area (Å²) < 4.78 is 10.3. The number of ether oxygens (including phenoxy) is 2. The van der Waals surface area contributed by atoms with Crippen LogP contribution in [0.2, 0.25) is 5.02 Å². The molecule has 1 aromatic rings. The average molecular weight is 285 g/mol.